The van der Waals surface area contributed by atoms with Gasteiger partial charge in [0.15, 0.2) is 16.8 Å². The lowest BCUT2D eigenvalue weighted by Crippen LogP contribution is -2.08. The molecule has 7 heteroatoms. The van der Waals surface area contributed by atoms with E-state index in [0.717, 1.165) is 0 Å². The predicted octanol–water partition coefficient (Wildman–Crippen LogP) is 2.26. The molecular weight excluding hydrogens is 328 g/mol. The minimum atomic E-state index is -0.758. The van der Waals surface area contributed by atoms with Crippen LogP contribution in [0, 0.1) is 0 Å². The summed E-state index contributed by atoms with van der Waals surface area (Å²) in [5, 5.41) is 22.3. The van der Waals surface area contributed by atoms with Crippen LogP contribution < -0.4 is 24.7 Å². The van der Waals surface area contributed by atoms with Crippen molar-refractivity contribution < 1.29 is 28.8 Å². The molecular formula is C18H15O7-. The van der Waals surface area contributed by atoms with Gasteiger partial charge >= 0.3 is 0 Å². The normalized spacial score (nSPS) is 10.7. The lowest BCUT2D eigenvalue weighted by molar-refractivity contribution is -0.267. The Morgan fingerprint density at radius 2 is 1.64 bits per heavy atom. The molecule has 0 saturated carbocycles. The van der Waals surface area contributed by atoms with E-state index >= 15 is 0 Å². The van der Waals surface area contributed by atoms with Crippen LogP contribution in [0.15, 0.2) is 39.5 Å². The molecule has 0 fully saturated rings. The van der Waals surface area contributed by atoms with Gasteiger partial charge in [-0.2, -0.15) is 0 Å². The second-order valence-electron chi connectivity index (χ2n) is 5.15. The fourth-order valence-electron chi connectivity index (χ4n) is 2.58. The first-order chi connectivity index (χ1) is 12.0. The maximum absolute atomic E-state index is 12.5. The molecule has 1 N–H and O–H groups in total. The summed E-state index contributed by atoms with van der Waals surface area (Å²) in [5.74, 6) is -0.910. The summed E-state index contributed by atoms with van der Waals surface area (Å²) in [6, 6.07) is 8.04. The van der Waals surface area contributed by atoms with Gasteiger partial charge in [-0.05, 0) is 30.0 Å². The standard InChI is InChI=1S/C18H16O7/c1-22-10-6-4-9(5-7-10)12-8-11(19)13-14(20)17(23-2)15(21)18(24-3)16(13)25-12/h4-8,20-21H,1-3H3/p-1. The monoisotopic (exact) mass is 343 g/mol. The molecule has 0 atom stereocenters. The van der Waals surface area contributed by atoms with Crippen molar-refractivity contribution in [2.45, 2.75) is 0 Å². The van der Waals surface area contributed by atoms with Crippen LogP contribution in [0.2, 0.25) is 0 Å². The highest BCUT2D eigenvalue weighted by Gasteiger charge is 2.21. The van der Waals surface area contributed by atoms with E-state index in [4.69, 9.17) is 18.6 Å². The number of rotatable bonds is 4. The Hall–Kier alpha value is -3.35. The van der Waals surface area contributed by atoms with Crippen LogP contribution in [0.25, 0.3) is 22.3 Å². The summed E-state index contributed by atoms with van der Waals surface area (Å²) < 4.78 is 20.8. The molecule has 0 unspecified atom stereocenters. The van der Waals surface area contributed by atoms with Gasteiger partial charge in [-0.15, -0.1) is 0 Å². The van der Waals surface area contributed by atoms with Gasteiger partial charge in [-0.1, -0.05) is 0 Å². The number of benzene rings is 2. The van der Waals surface area contributed by atoms with E-state index in [1.165, 1.54) is 20.3 Å². The van der Waals surface area contributed by atoms with E-state index in [2.05, 4.69) is 0 Å². The molecule has 2 aromatic carbocycles. The molecule has 0 radical (unpaired) electrons. The molecule has 0 aliphatic rings. The van der Waals surface area contributed by atoms with Crippen LogP contribution in [0.1, 0.15) is 0 Å². The zero-order valence-corrected chi connectivity index (χ0v) is 13.8. The quantitative estimate of drug-likeness (QED) is 0.775. The van der Waals surface area contributed by atoms with Crippen LogP contribution in [0.4, 0.5) is 0 Å². The van der Waals surface area contributed by atoms with Gasteiger partial charge in [0, 0.05) is 11.6 Å². The van der Waals surface area contributed by atoms with Gasteiger partial charge in [0.25, 0.3) is 0 Å². The van der Waals surface area contributed by atoms with E-state index in [0.29, 0.717) is 11.3 Å². The van der Waals surface area contributed by atoms with Crippen LogP contribution in [0.5, 0.6) is 28.7 Å². The van der Waals surface area contributed by atoms with Crippen molar-refractivity contribution in [1.82, 2.24) is 0 Å². The van der Waals surface area contributed by atoms with Gasteiger partial charge in [0.2, 0.25) is 11.5 Å². The van der Waals surface area contributed by atoms with Crippen LogP contribution >= 0.6 is 0 Å². The Morgan fingerprint density at radius 1 is 1.00 bits per heavy atom. The molecule has 1 aromatic heterocycles. The molecule has 1 heterocycles. The number of ether oxygens (including phenoxy) is 3. The first kappa shape index (κ1) is 16.5. The Kier molecular flexibility index (Phi) is 4.14. The van der Waals surface area contributed by atoms with E-state index in [9.17, 15) is 15.0 Å². The largest absolute Gasteiger partial charge is 0.869 e. The lowest BCUT2D eigenvalue weighted by atomic mass is 10.1. The minimum Gasteiger partial charge on any atom is -0.869 e. The Bertz CT molecular complexity index is 987. The first-order valence-corrected chi connectivity index (χ1v) is 7.28. The van der Waals surface area contributed by atoms with Crippen molar-refractivity contribution in [1.29, 1.82) is 0 Å². The molecule has 130 valence electrons. The number of fused-ring (bicyclic) bond motifs is 1. The van der Waals surface area contributed by atoms with E-state index in [1.807, 2.05) is 0 Å². The van der Waals surface area contributed by atoms with Gasteiger partial charge in [-0.25, -0.2) is 0 Å². The molecule has 0 aliphatic carbocycles. The van der Waals surface area contributed by atoms with Gasteiger partial charge in [0.05, 0.1) is 26.7 Å². The van der Waals surface area contributed by atoms with Gasteiger partial charge < -0.3 is 28.8 Å². The van der Waals surface area contributed by atoms with Crippen LogP contribution in [0.3, 0.4) is 0 Å². The smallest absolute Gasteiger partial charge is 0.208 e. The molecule has 3 rings (SSSR count). The molecule has 25 heavy (non-hydrogen) atoms. The van der Waals surface area contributed by atoms with Gasteiger partial charge in [0.1, 0.15) is 11.5 Å². The topological polar surface area (TPSA) is 101 Å². The number of methoxy groups -OCH3 is 3. The third-order valence-corrected chi connectivity index (χ3v) is 3.80. The molecule has 0 aliphatic heterocycles. The zero-order valence-electron chi connectivity index (χ0n) is 13.8. The highest BCUT2D eigenvalue weighted by atomic mass is 16.5. The average molecular weight is 343 g/mol. The molecule has 0 saturated heterocycles. The third-order valence-electron chi connectivity index (χ3n) is 3.80. The van der Waals surface area contributed by atoms with Crippen molar-refractivity contribution in [3.63, 3.8) is 0 Å². The lowest BCUT2D eigenvalue weighted by Gasteiger charge is -2.19. The molecule has 0 amide bonds. The average Bonchev–Trinajstić information content (AvgIpc) is 2.62. The molecule has 3 aromatic rings. The van der Waals surface area contributed by atoms with Crippen molar-refractivity contribution in [3.8, 4) is 40.1 Å². The second-order valence-corrected chi connectivity index (χ2v) is 5.15. The van der Waals surface area contributed by atoms with E-state index in [1.54, 1.807) is 31.4 Å². The third kappa shape index (κ3) is 2.59. The highest BCUT2D eigenvalue weighted by Crippen LogP contribution is 2.48. The van der Waals surface area contributed by atoms with Crippen molar-refractivity contribution >= 4 is 11.0 Å². The SMILES string of the molecule is COc1ccc(-c2cc(=O)c3c([O-])c(OC)c(O)c(OC)c3o2)cc1. The second kappa shape index (κ2) is 6.27. The highest BCUT2D eigenvalue weighted by molar-refractivity contribution is 5.94. The van der Waals surface area contributed by atoms with Crippen LogP contribution in [-0.4, -0.2) is 26.4 Å². The maximum atomic E-state index is 12.5. The Labute approximate surface area is 142 Å². The predicted molar refractivity (Wildman–Crippen MR) is 88.7 cm³/mol. The number of hydrogen-bond donors (Lipinski definition) is 1. The summed E-state index contributed by atoms with van der Waals surface area (Å²) in [6.45, 7) is 0. The summed E-state index contributed by atoms with van der Waals surface area (Å²) in [7, 11) is 4.05. The van der Waals surface area contributed by atoms with E-state index in [-0.39, 0.29) is 28.2 Å². The number of phenols is 1. The Morgan fingerprint density at radius 3 is 2.20 bits per heavy atom. The molecule has 7 nitrogen and oxygen atoms in total. The maximum Gasteiger partial charge on any atom is 0.208 e. The zero-order chi connectivity index (χ0) is 18.1. The molecule has 0 spiro atoms. The summed E-state index contributed by atoms with van der Waals surface area (Å²) in [4.78, 5) is 12.5. The summed E-state index contributed by atoms with van der Waals surface area (Å²) in [6.07, 6.45) is 0. The van der Waals surface area contributed by atoms with Crippen LogP contribution in [-0.2, 0) is 0 Å². The van der Waals surface area contributed by atoms with Gasteiger partial charge in [-0.3, -0.25) is 4.79 Å². The number of aromatic hydroxyl groups is 1. The van der Waals surface area contributed by atoms with Crippen molar-refractivity contribution in [2.75, 3.05) is 21.3 Å². The Balaban J connectivity index is 2.33. The number of phenolic OH excluding ortho intramolecular Hbond substituents is 1. The summed E-state index contributed by atoms with van der Waals surface area (Å²) in [5.41, 5.74) is -0.0950. The minimum absolute atomic E-state index is 0.135. The first-order valence-electron chi connectivity index (χ1n) is 7.28. The molecule has 0 bridgehead atoms. The number of hydrogen-bond acceptors (Lipinski definition) is 7. The van der Waals surface area contributed by atoms with Crippen molar-refractivity contribution in [2.24, 2.45) is 0 Å². The van der Waals surface area contributed by atoms with Crippen molar-refractivity contribution in [3.05, 3.63) is 40.6 Å². The summed E-state index contributed by atoms with van der Waals surface area (Å²) >= 11 is 0. The fraction of sp³-hybridized carbons (Fsp3) is 0.167. The van der Waals surface area contributed by atoms with E-state index < -0.39 is 16.9 Å². The fourth-order valence-corrected chi connectivity index (χ4v) is 2.58.